The minimum absolute atomic E-state index is 0.400. The molecule has 0 aliphatic heterocycles. The van der Waals surface area contributed by atoms with Crippen LogP contribution in [0.3, 0.4) is 0 Å². The molecule has 0 nitrogen and oxygen atoms in total. The Morgan fingerprint density at radius 2 is 1.46 bits per heavy atom. The first kappa shape index (κ1) is 29.2. The van der Waals surface area contributed by atoms with E-state index in [2.05, 4.69) is 59.9 Å². The summed E-state index contributed by atoms with van der Waals surface area (Å²) >= 11 is 0. The molecule has 0 aromatic carbocycles. The smallest absolute Gasteiger partial charge is 0.00898 e. The maximum absolute atomic E-state index is 4.35. The van der Waals surface area contributed by atoms with E-state index in [4.69, 9.17) is 0 Å². The molecule has 0 radical (unpaired) electrons. The first-order chi connectivity index (χ1) is 17.5. The minimum Gasteiger partial charge on any atom is -0.103 e. The summed E-state index contributed by atoms with van der Waals surface area (Å²) in [6, 6.07) is 0. The van der Waals surface area contributed by atoms with Gasteiger partial charge in [0.2, 0.25) is 0 Å². The van der Waals surface area contributed by atoms with Gasteiger partial charge in [-0.1, -0.05) is 83.6 Å². The minimum atomic E-state index is 0.400. The topological polar surface area (TPSA) is 0 Å². The number of hydrogen-bond donors (Lipinski definition) is 0. The van der Waals surface area contributed by atoms with Crippen LogP contribution in [0.4, 0.5) is 0 Å². The van der Waals surface area contributed by atoms with E-state index in [0.717, 1.165) is 29.6 Å². The van der Waals surface area contributed by atoms with Crippen molar-refractivity contribution in [3.05, 3.63) is 36.5 Å². The van der Waals surface area contributed by atoms with Crippen LogP contribution in [0, 0.1) is 51.2 Å². The molecular weight excluding hydrogens is 444 g/mol. The van der Waals surface area contributed by atoms with Gasteiger partial charge in [0.05, 0.1) is 0 Å². The van der Waals surface area contributed by atoms with Crippen LogP contribution >= 0.6 is 0 Å². The van der Waals surface area contributed by atoms with Crippen LogP contribution in [-0.4, -0.2) is 0 Å². The highest BCUT2D eigenvalue weighted by Crippen LogP contribution is 2.73. The van der Waals surface area contributed by atoms with Gasteiger partial charge in [-0.15, -0.1) is 13.2 Å². The first-order valence-corrected chi connectivity index (χ1v) is 16.4. The Hall–Kier alpha value is -0.780. The number of rotatable bonds is 2. The third-order valence-electron chi connectivity index (χ3n) is 12.7. The average Bonchev–Trinajstić information content (AvgIpc) is 3.65. The van der Waals surface area contributed by atoms with Crippen LogP contribution in [0.1, 0.15) is 145 Å². The molecule has 7 unspecified atom stereocenters. The molecule has 210 valence electrons. The van der Waals surface area contributed by atoms with Crippen molar-refractivity contribution in [3.63, 3.8) is 0 Å². The molecule has 0 bridgehead atoms. The highest BCUT2D eigenvalue weighted by Gasteiger charge is 2.65. The normalized spacial score (nSPS) is 45.9. The molecule has 0 saturated heterocycles. The van der Waals surface area contributed by atoms with Crippen molar-refractivity contribution >= 4 is 0 Å². The van der Waals surface area contributed by atoms with Crippen LogP contribution in [-0.2, 0) is 0 Å². The van der Waals surface area contributed by atoms with E-state index in [0.29, 0.717) is 21.7 Å². The van der Waals surface area contributed by atoms with Crippen molar-refractivity contribution in [1.29, 1.82) is 0 Å². The van der Waals surface area contributed by atoms with Gasteiger partial charge in [0, 0.05) is 0 Å². The van der Waals surface area contributed by atoms with E-state index < -0.39 is 0 Å². The Balaban J connectivity index is 0.000000403. The zero-order valence-corrected chi connectivity index (χ0v) is 26.1. The Morgan fingerprint density at radius 1 is 0.784 bits per heavy atom. The molecule has 6 fully saturated rings. The van der Waals surface area contributed by atoms with E-state index in [-0.39, 0.29) is 0 Å². The third-order valence-corrected chi connectivity index (χ3v) is 12.7. The molecule has 0 N–H and O–H groups in total. The van der Waals surface area contributed by atoms with Crippen molar-refractivity contribution in [2.45, 2.75) is 145 Å². The fraction of sp³-hybridized carbons (Fsp3) is 0.838. The van der Waals surface area contributed by atoms with Crippen molar-refractivity contribution in [2.24, 2.45) is 51.2 Å². The van der Waals surface area contributed by atoms with E-state index in [1.54, 1.807) is 5.57 Å². The van der Waals surface area contributed by atoms with Crippen LogP contribution in [0.15, 0.2) is 36.5 Å². The lowest BCUT2D eigenvalue weighted by atomic mass is 9.36. The van der Waals surface area contributed by atoms with Crippen LogP contribution in [0.2, 0.25) is 0 Å². The quantitative estimate of drug-likeness (QED) is 0.327. The molecule has 0 spiro atoms. The van der Waals surface area contributed by atoms with Crippen molar-refractivity contribution < 1.29 is 0 Å². The molecule has 6 rings (SSSR count). The summed E-state index contributed by atoms with van der Waals surface area (Å²) in [4.78, 5) is 0. The molecule has 8 atom stereocenters. The molecule has 6 aliphatic rings. The summed E-state index contributed by atoms with van der Waals surface area (Å²) in [5.74, 6) is 4.77. The lowest BCUT2D eigenvalue weighted by Gasteiger charge is -2.69. The maximum atomic E-state index is 4.35. The average molecular weight is 507 g/mol. The Bertz CT molecular complexity index is 849. The van der Waals surface area contributed by atoms with E-state index in [1.165, 1.54) is 102 Å². The SMILES string of the molecule is C1CC1.C=C(C)C.C=CC12CCC[C@@H]1C1CCC3C(C)(CCC4C(C)(C)/C(=C/CC)CCC43C)C1CC2. The molecule has 37 heavy (non-hydrogen) atoms. The second-order valence-corrected chi connectivity index (χ2v) is 15.6. The lowest BCUT2D eigenvalue weighted by Crippen LogP contribution is -2.61. The van der Waals surface area contributed by atoms with E-state index in [9.17, 15) is 0 Å². The van der Waals surface area contributed by atoms with Gasteiger partial charge < -0.3 is 0 Å². The Morgan fingerprint density at radius 3 is 2.05 bits per heavy atom. The van der Waals surface area contributed by atoms with Gasteiger partial charge >= 0.3 is 0 Å². The highest BCUT2D eigenvalue weighted by atomic mass is 14.7. The predicted molar refractivity (Wildman–Crippen MR) is 164 cm³/mol. The van der Waals surface area contributed by atoms with E-state index >= 15 is 0 Å². The number of allylic oxidation sites excluding steroid dienone is 4. The summed E-state index contributed by atoms with van der Waals surface area (Å²) < 4.78 is 0. The van der Waals surface area contributed by atoms with Gasteiger partial charge in [-0.25, -0.2) is 0 Å². The monoisotopic (exact) mass is 506 g/mol. The van der Waals surface area contributed by atoms with Crippen LogP contribution in [0.25, 0.3) is 0 Å². The summed E-state index contributed by atoms with van der Waals surface area (Å²) in [5, 5.41) is 0. The van der Waals surface area contributed by atoms with Gasteiger partial charge in [0.1, 0.15) is 0 Å². The van der Waals surface area contributed by atoms with E-state index in [1.807, 2.05) is 13.8 Å². The highest BCUT2D eigenvalue weighted by molar-refractivity contribution is 5.24. The van der Waals surface area contributed by atoms with Crippen molar-refractivity contribution in [2.75, 3.05) is 0 Å². The van der Waals surface area contributed by atoms with Gasteiger partial charge in [0.15, 0.2) is 0 Å². The molecule has 0 amide bonds. The zero-order chi connectivity index (χ0) is 27.1. The maximum Gasteiger partial charge on any atom is -0.00898 e. The van der Waals surface area contributed by atoms with Gasteiger partial charge in [-0.05, 0) is 136 Å². The van der Waals surface area contributed by atoms with Crippen LogP contribution in [0.5, 0.6) is 0 Å². The Kier molecular flexibility index (Phi) is 8.69. The second-order valence-electron chi connectivity index (χ2n) is 15.6. The molecular formula is C37H62. The molecule has 0 heterocycles. The summed E-state index contributed by atoms with van der Waals surface area (Å²) in [5.41, 5.74) is 5.00. The van der Waals surface area contributed by atoms with Crippen molar-refractivity contribution in [1.82, 2.24) is 0 Å². The van der Waals surface area contributed by atoms with Crippen molar-refractivity contribution in [3.8, 4) is 0 Å². The van der Waals surface area contributed by atoms with Gasteiger partial charge in [-0.3, -0.25) is 0 Å². The molecule has 6 saturated carbocycles. The fourth-order valence-electron chi connectivity index (χ4n) is 11.1. The standard InChI is InChI=1S/C30H48.C4H8.C3H6/c1-7-10-21-14-18-29(6)25(27(21,3)4)16-19-28(5)23-15-20-30(8-2)17-9-11-24(30)22(23)12-13-26(28)29;1-4(2)3;1-2-3-1/h8,10,22-26H,2,7,9,11-20H2,1,3-6H3;1H2,2-3H3;1-3H2/b21-10+;;/t22?,23?,24-,25?,26?,28?,29?,30?;;/m1../s1. The third kappa shape index (κ3) is 5.23. The summed E-state index contributed by atoms with van der Waals surface area (Å²) in [7, 11) is 0. The van der Waals surface area contributed by atoms with Gasteiger partial charge in [-0.2, -0.15) is 0 Å². The molecule has 6 aliphatic carbocycles. The first-order valence-electron chi connectivity index (χ1n) is 16.4. The molecule has 0 aromatic rings. The predicted octanol–water partition coefficient (Wildman–Crippen LogP) is 11.7. The second kappa shape index (κ2) is 11.0. The largest absolute Gasteiger partial charge is 0.103 e. The molecule has 0 aromatic heterocycles. The summed E-state index contributed by atoms with van der Waals surface area (Å²) in [6.07, 6.45) is 26.8. The molecule has 0 heteroatoms. The van der Waals surface area contributed by atoms with Crippen LogP contribution < -0.4 is 0 Å². The lowest BCUT2D eigenvalue weighted by molar-refractivity contribution is -0.184. The van der Waals surface area contributed by atoms with Gasteiger partial charge in [0.25, 0.3) is 0 Å². The summed E-state index contributed by atoms with van der Waals surface area (Å²) in [6.45, 7) is 24.9. The zero-order valence-electron chi connectivity index (χ0n) is 26.1. The fourth-order valence-corrected chi connectivity index (χ4v) is 11.1. The number of hydrogen-bond acceptors (Lipinski definition) is 0. The number of fused-ring (bicyclic) bond motifs is 7. The Labute approximate surface area is 232 Å².